The van der Waals surface area contributed by atoms with Crippen molar-refractivity contribution in [1.29, 1.82) is 0 Å². The van der Waals surface area contributed by atoms with Crippen molar-refractivity contribution in [1.82, 2.24) is 15.5 Å². The molecule has 4 nitrogen and oxygen atoms in total. The number of benzene rings is 1. The molecule has 1 aromatic rings. The second-order valence-corrected chi connectivity index (χ2v) is 7.68. The maximum absolute atomic E-state index is 13.5. The van der Waals surface area contributed by atoms with Crippen LogP contribution in [0.4, 0.5) is 4.39 Å². The highest BCUT2D eigenvalue weighted by Gasteiger charge is 2.44. The van der Waals surface area contributed by atoms with Crippen molar-refractivity contribution < 1.29 is 4.39 Å². The number of nitrogens with zero attached hydrogens (tertiary/aromatic N) is 2. The van der Waals surface area contributed by atoms with Crippen LogP contribution in [-0.2, 0) is 5.41 Å². The Labute approximate surface area is 150 Å². The standard InChI is InChI=1S/C20H31FN4/c1-22-19(23-11-6-16-7-12-25(2)13-8-16)24-15-20(9-10-20)17-4-3-5-18(21)14-17/h3-5,14,16H,6-13,15H2,1-2H3,(H2,22,23,24). The van der Waals surface area contributed by atoms with Crippen molar-refractivity contribution in [2.75, 3.05) is 40.3 Å². The van der Waals surface area contributed by atoms with Gasteiger partial charge in [0, 0.05) is 25.6 Å². The number of hydrogen-bond donors (Lipinski definition) is 2. The van der Waals surface area contributed by atoms with Gasteiger partial charge in [-0.3, -0.25) is 4.99 Å². The molecule has 3 rings (SSSR count). The molecule has 0 amide bonds. The third-order valence-electron chi connectivity index (χ3n) is 5.79. The van der Waals surface area contributed by atoms with E-state index in [0.29, 0.717) is 0 Å². The Kier molecular flexibility index (Phi) is 5.94. The Morgan fingerprint density at radius 3 is 2.68 bits per heavy atom. The van der Waals surface area contributed by atoms with E-state index in [-0.39, 0.29) is 11.2 Å². The van der Waals surface area contributed by atoms with Gasteiger partial charge in [-0.1, -0.05) is 12.1 Å². The zero-order valence-corrected chi connectivity index (χ0v) is 15.5. The summed E-state index contributed by atoms with van der Waals surface area (Å²) < 4.78 is 13.5. The van der Waals surface area contributed by atoms with Crippen molar-refractivity contribution in [2.24, 2.45) is 10.9 Å². The third-order valence-corrected chi connectivity index (χ3v) is 5.79. The Morgan fingerprint density at radius 1 is 1.28 bits per heavy atom. The molecule has 1 aliphatic carbocycles. The summed E-state index contributed by atoms with van der Waals surface area (Å²) in [5.41, 5.74) is 1.18. The maximum atomic E-state index is 13.5. The molecule has 1 aromatic carbocycles. The van der Waals surface area contributed by atoms with Crippen LogP contribution in [0.1, 0.15) is 37.7 Å². The molecule has 25 heavy (non-hydrogen) atoms. The van der Waals surface area contributed by atoms with Gasteiger partial charge in [0.15, 0.2) is 5.96 Å². The van der Waals surface area contributed by atoms with Crippen LogP contribution < -0.4 is 10.6 Å². The van der Waals surface area contributed by atoms with Gasteiger partial charge in [0.25, 0.3) is 0 Å². The fraction of sp³-hybridized carbons (Fsp3) is 0.650. The van der Waals surface area contributed by atoms with Gasteiger partial charge in [-0.05, 0) is 75.9 Å². The van der Waals surface area contributed by atoms with Crippen molar-refractivity contribution >= 4 is 5.96 Å². The van der Waals surface area contributed by atoms with E-state index >= 15 is 0 Å². The van der Waals surface area contributed by atoms with Crippen LogP contribution in [0.5, 0.6) is 0 Å². The molecule has 1 aliphatic heterocycles. The first-order valence-corrected chi connectivity index (χ1v) is 9.50. The first-order valence-electron chi connectivity index (χ1n) is 9.50. The number of aliphatic imine (C=N–C) groups is 1. The van der Waals surface area contributed by atoms with E-state index in [1.807, 2.05) is 13.1 Å². The molecule has 0 aromatic heterocycles. The molecule has 2 fully saturated rings. The van der Waals surface area contributed by atoms with Crippen molar-refractivity contribution in [2.45, 2.75) is 37.5 Å². The quantitative estimate of drug-likeness (QED) is 0.615. The number of guanidine groups is 1. The fourth-order valence-electron chi connectivity index (χ4n) is 3.76. The van der Waals surface area contributed by atoms with Crippen molar-refractivity contribution in [3.63, 3.8) is 0 Å². The summed E-state index contributed by atoms with van der Waals surface area (Å²) in [6.07, 6.45) is 6.01. The molecule has 0 spiro atoms. The summed E-state index contributed by atoms with van der Waals surface area (Å²) in [5, 5.41) is 6.89. The minimum absolute atomic E-state index is 0.0771. The van der Waals surface area contributed by atoms with Crippen LogP contribution in [0, 0.1) is 11.7 Å². The van der Waals surface area contributed by atoms with E-state index in [9.17, 15) is 4.39 Å². The van der Waals surface area contributed by atoms with E-state index in [1.165, 1.54) is 38.4 Å². The smallest absolute Gasteiger partial charge is 0.191 e. The first kappa shape index (κ1) is 18.2. The van der Waals surface area contributed by atoms with Gasteiger partial charge >= 0.3 is 0 Å². The average Bonchev–Trinajstić information content (AvgIpc) is 3.41. The molecule has 1 heterocycles. The number of piperidine rings is 1. The first-order chi connectivity index (χ1) is 12.1. The molecule has 0 radical (unpaired) electrons. The van der Waals surface area contributed by atoms with E-state index in [2.05, 4.69) is 27.6 Å². The van der Waals surface area contributed by atoms with Crippen LogP contribution in [0.15, 0.2) is 29.3 Å². The highest BCUT2D eigenvalue weighted by atomic mass is 19.1. The predicted molar refractivity (Wildman–Crippen MR) is 102 cm³/mol. The van der Waals surface area contributed by atoms with Gasteiger partial charge in [-0.2, -0.15) is 0 Å². The van der Waals surface area contributed by atoms with Gasteiger partial charge in [0.05, 0.1) is 0 Å². The van der Waals surface area contributed by atoms with E-state index in [1.54, 1.807) is 12.1 Å². The van der Waals surface area contributed by atoms with Gasteiger partial charge in [0.2, 0.25) is 0 Å². The summed E-state index contributed by atoms with van der Waals surface area (Å²) in [7, 11) is 4.01. The Hall–Kier alpha value is -1.62. The highest BCUT2D eigenvalue weighted by Crippen LogP contribution is 2.47. The molecule has 138 valence electrons. The number of likely N-dealkylation sites (tertiary alicyclic amines) is 1. The minimum Gasteiger partial charge on any atom is -0.356 e. The lowest BCUT2D eigenvalue weighted by molar-refractivity contribution is 0.213. The Balaban J connectivity index is 1.42. The van der Waals surface area contributed by atoms with Crippen LogP contribution in [0.2, 0.25) is 0 Å². The van der Waals surface area contributed by atoms with Gasteiger partial charge in [-0.15, -0.1) is 0 Å². The molecule has 1 saturated carbocycles. The highest BCUT2D eigenvalue weighted by molar-refractivity contribution is 5.79. The number of halogens is 1. The van der Waals surface area contributed by atoms with Gasteiger partial charge in [-0.25, -0.2) is 4.39 Å². The molecule has 5 heteroatoms. The summed E-state index contributed by atoms with van der Waals surface area (Å²) >= 11 is 0. The van der Waals surface area contributed by atoms with Crippen molar-refractivity contribution in [3.05, 3.63) is 35.6 Å². The molecular formula is C20H31FN4. The third kappa shape index (κ3) is 4.94. The van der Waals surface area contributed by atoms with Gasteiger partial charge in [0.1, 0.15) is 5.82 Å². The van der Waals surface area contributed by atoms with Gasteiger partial charge < -0.3 is 15.5 Å². The van der Waals surface area contributed by atoms with Crippen LogP contribution >= 0.6 is 0 Å². The fourth-order valence-corrected chi connectivity index (χ4v) is 3.76. The Morgan fingerprint density at radius 2 is 2.04 bits per heavy atom. The minimum atomic E-state index is -0.149. The lowest BCUT2D eigenvalue weighted by Gasteiger charge is -2.29. The largest absolute Gasteiger partial charge is 0.356 e. The topological polar surface area (TPSA) is 39.7 Å². The van der Waals surface area contributed by atoms with Crippen molar-refractivity contribution in [3.8, 4) is 0 Å². The summed E-state index contributed by atoms with van der Waals surface area (Å²) in [4.78, 5) is 6.75. The average molecular weight is 346 g/mol. The SMILES string of the molecule is CN=C(NCCC1CCN(C)CC1)NCC1(c2cccc(F)c2)CC1. The van der Waals surface area contributed by atoms with E-state index < -0.39 is 0 Å². The summed E-state index contributed by atoms with van der Waals surface area (Å²) in [5.74, 6) is 1.53. The van der Waals surface area contributed by atoms with E-state index in [4.69, 9.17) is 0 Å². The number of nitrogens with one attached hydrogen (secondary N) is 2. The zero-order chi connectivity index (χ0) is 17.7. The Bertz CT molecular complexity index is 589. The van der Waals surface area contributed by atoms with E-state index in [0.717, 1.165) is 43.4 Å². The maximum Gasteiger partial charge on any atom is 0.191 e. The normalized spacial score (nSPS) is 21.2. The molecule has 2 N–H and O–H groups in total. The second-order valence-electron chi connectivity index (χ2n) is 7.68. The van der Waals surface area contributed by atoms with Crippen LogP contribution in [0.25, 0.3) is 0 Å². The molecular weight excluding hydrogens is 315 g/mol. The number of hydrogen-bond acceptors (Lipinski definition) is 2. The second kappa shape index (κ2) is 8.17. The number of rotatable bonds is 6. The lowest BCUT2D eigenvalue weighted by atomic mass is 9.94. The molecule has 0 unspecified atom stereocenters. The molecule has 2 aliphatic rings. The summed E-state index contributed by atoms with van der Waals surface area (Å²) in [6, 6.07) is 7.02. The molecule has 1 saturated heterocycles. The summed E-state index contributed by atoms with van der Waals surface area (Å²) in [6.45, 7) is 4.20. The molecule has 0 atom stereocenters. The lowest BCUT2D eigenvalue weighted by Crippen LogP contribution is -2.42. The van der Waals surface area contributed by atoms with Crippen LogP contribution in [-0.4, -0.2) is 51.1 Å². The predicted octanol–water partition coefficient (Wildman–Crippen LogP) is 2.75. The molecule has 0 bridgehead atoms. The van der Waals surface area contributed by atoms with Crippen LogP contribution in [0.3, 0.4) is 0 Å². The monoisotopic (exact) mass is 346 g/mol. The zero-order valence-electron chi connectivity index (χ0n) is 15.5.